The van der Waals surface area contributed by atoms with E-state index in [9.17, 15) is 8.42 Å². The lowest BCUT2D eigenvalue weighted by Crippen LogP contribution is -2.34. The molecule has 1 rings (SSSR count). The van der Waals surface area contributed by atoms with E-state index in [1.165, 1.54) is 6.07 Å². The van der Waals surface area contributed by atoms with E-state index in [1.54, 1.807) is 6.07 Å². The maximum Gasteiger partial charge on any atom is 0.274 e. The van der Waals surface area contributed by atoms with Crippen molar-refractivity contribution in [3.63, 3.8) is 0 Å². The van der Waals surface area contributed by atoms with Crippen LogP contribution in [0.2, 0.25) is 0 Å². The molecule has 0 saturated carbocycles. The van der Waals surface area contributed by atoms with Crippen molar-refractivity contribution >= 4 is 10.0 Å². The molecule has 6 nitrogen and oxygen atoms in total. The van der Waals surface area contributed by atoms with Gasteiger partial charge in [0.15, 0.2) is 0 Å². The Morgan fingerprint density at radius 2 is 1.90 bits per heavy atom. The molecule has 0 aliphatic heterocycles. The van der Waals surface area contributed by atoms with Crippen LogP contribution >= 0.6 is 0 Å². The summed E-state index contributed by atoms with van der Waals surface area (Å²) in [5, 5.41) is 3.16. The summed E-state index contributed by atoms with van der Waals surface area (Å²) in [5.41, 5.74) is 0. The first-order valence-corrected chi connectivity index (χ1v) is 8.68. The Bertz CT molecular complexity index is 523. The lowest BCUT2D eigenvalue weighted by Gasteiger charge is -2.15. The van der Waals surface area contributed by atoms with Gasteiger partial charge in [-0.25, -0.2) is 13.1 Å². The molecular weight excluding hydrogens is 290 g/mol. The number of sulfonamides is 1. The van der Waals surface area contributed by atoms with Crippen molar-refractivity contribution in [1.29, 1.82) is 0 Å². The van der Waals surface area contributed by atoms with Crippen LogP contribution in [0, 0.1) is 0 Å². The summed E-state index contributed by atoms with van der Waals surface area (Å²) in [6, 6.07) is 3.37. The van der Waals surface area contributed by atoms with Gasteiger partial charge in [0.1, 0.15) is 5.76 Å². The summed E-state index contributed by atoms with van der Waals surface area (Å²) in [4.78, 5) is 2.02. The minimum absolute atomic E-state index is 0.0280. The SMILES string of the molecule is CC(C)NCc1ccc(S(=O)(=O)NC(C)CCN(C)C)o1. The largest absolute Gasteiger partial charge is 0.447 e. The van der Waals surface area contributed by atoms with Crippen LogP contribution in [-0.2, 0) is 16.6 Å². The zero-order chi connectivity index (χ0) is 16.0. The van der Waals surface area contributed by atoms with Gasteiger partial charge in [-0.2, -0.15) is 0 Å². The average molecular weight is 317 g/mol. The molecule has 0 spiro atoms. The molecule has 0 bridgehead atoms. The first-order valence-electron chi connectivity index (χ1n) is 7.20. The molecule has 0 aromatic carbocycles. The van der Waals surface area contributed by atoms with Gasteiger partial charge in [-0.3, -0.25) is 0 Å². The average Bonchev–Trinajstić information content (AvgIpc) is 2.83. The lowest BCUT2D eigenvalue weighted by molar-refractivity contribution is 0.372. The normalized spacial score (nSPS) is 14.0. The van der Waals surface area contributed by atoms with Crippen molar-refractivity contribution in [2.45, 2.75) is 50.9 Å². The molecule has 1 aromatic rings. The standard InChI is InChI=1S/C14H27N3O3S/c1-11(2)15-10-13-6-7-14(20-13)21(18,19)16-12(3)8-9-17(4)5/h6-7,11-12,15-16H,8-10H2,1-5H3. The second kappa shape index (κ2) is 7.93. The molecule has 1 heterocycles. The van der Waals surface area contributed by atoms with E-state index >= 15 is 0 Å². The van der Waals surface area contributed by atoms with Crippen LogP contribution in [0.4, 0.5) is 0 Å². The van der Waals surface area contributed by atoms with Crippen molar-refractivity contribution in [2.75, 3.05) is 20.6 Å². The van der Waals surface area contributed by atoms with E-state index in [1.807, 2.05) is 39.8 Å². The first-order chi connectivity index (χ1) is 9.70. The summed E-state index contributed by atoms with van der Waals surface area (Å²) in [7, 11) is 0.332. The van der Waals surface area contributed by atoms with E-state index in [-0.39, 0.29) is 11.1 Å². The molecule has 0 aliphatic carbocycles. The van der Waals surface area contributed by atoms with Crippen molar-refractivity contribution in [1.82, 2.24) is 14.9 Å². The molecule has 122 valence electrons. The van der Waals surface area contributed by atoms with E-state index < -0.39 is 10.0 Å². The van der Waals surface area contributed by atoms with Crippen LogP contribution in [0.15, 0.2) is 21.6 Å². The van der Waals surface area contributed by atoms with E-state index in [4.69, 9.17) is 4.42 Å². The molecule has 0 radical (unpaired) electrons. The third-order valence-electron chi connectivity index (χ3n) is 2.95. The Hall–Kier alpha value is -0.890. The van der Waals surface area contributed by atoms with Gasteiger partial charge in [0.2, 0.25) is 5.09 Å². The molecule has 21 heavy (non-hydrogen) atoms. The fourth-order valence-corrected chi connectivity index (χ4v) is 2.96. The molecule has 0 saturated heterocycles. The molecule has 1 unspecified atom stereocenters. The third-order valence-corrected chi connectivity index (χ3v) is 4.41. The van der Waals surface area contributed by atoms with Crippen LogP contribution < -0.4 is 10.0 Å². The fraction of sp³-hybridized carbons (Fsp3) is 0.714. The maximum absolute atomic E-state index is 12.2. The van der Waals surface area contributed by atoms with Gasteiger partial charge in [0, 0.05) is 12.1 Å². The number of rotatable bonds is 9. The highest BCUT2D eigenvalue weighted by Crippen LogP contribution is 2.14. The second-order valence-corrected chi connectivity index (χ2v) is 7.52. The number of hydrogen-bond acceptors (Lipinski definition) is 5. The molecule has 1 aromatic heterocycles. The number of furan rings is 1. The van der Waals surface area contributed by atoms with E-state index in [0.717, 1.165) is 13.0 Å². The molecule has 0 amide bonds. The molecule has 1 atom stereocenters. The van der Waals surface area contributed by atoms with Crippen LogP contribution in [0.25, 0.3) is 0 Å². The smallest absolute Gasteiger partial charge is 0.274 e. The Morgan fingerprint density at radius 1 is 1.24 bits per heavy atom. The first kappa shape index (κ1) is 18.2. The summed E-state index contributed by atoms with van der Waals surface area (Å²) in [5.74, 6) is 0.616. The second-order valence-electron chi connectivity index (χ2n) is 5.87. The zero-order valence-electron chi connectivity index (χ0n) is 13.5. The minimum Gasteiger partial charge on any atom is -0.447 e. The van der Waals surface area contributed by atoms with Crippen LogP contribution in [0.5, 0.6) is 0 Å². The Morgan fingerprint density at radius 3 is 2.48 bits per heavy atom. The van der Waals surface area contributed by atoms with E-state index in [2.05, 4.69) is 10.0 Å². The van der Waals surface area contributed by atoms with Gasteiger partial charge < -0.3 is 14.6 Å². The van der Waals surface area contributed by atoms with E-state index in [0.29, 0.717) is 18.3 Å². The summed E-state index contributed by atoms with van der Waals surface area (Å²) < 4.78 is 32.4. The van der Waals surface area contributed by atoms with Crippen LogP contribution in [-0.4, -0.2) is 46.0 Å². The van der Waals surface area contributed by atoms with Crippen molar-refractivity contribution in [2.24, 2.45) is 0 Å². The summed E-state index contributed by atoms with van der Waals surface area (Å²) in [6.45, 7) is 7.24. The Kier molecular flexibility index (Phi) is 6.86. The number of nitrogens with one attached hydrogen (secondary N) is 2. The van der Waals surface area contributed by atoms with Gasteiger partial charge in [-0.1, -0.05) is 13.8 Å². The van der Waals surface area contributed by atoms with Crippen molar-refractivity contribution in [3.8, 4) is 0 Å². The van der Waals surface area contributed by atoms with Gasteiger partial charge in [-0.05, 0) is 46.1 Å². The number of nitrogens with zero attached hydrogens (tertiary/aromatic N) is 1. The van der Waals surface area contributed by atoms with Crippen molar-refractivity contribution in [3.05, 3.63) is 17.9 Å². The lowest BCUT2D eigenvalue weighted by atomic mass is 10.2. The predicted octanol–water partition coefficient (Wildman–Crippen LogP) is 1.40. The topological polar surface area (TPSA) is 74.6 Å². The highest BCUT2D eigenvalue weighted by molar-refractivity contribution is 7.89. The molecule has 0 aliphatic rings. The quantitative estimate of drug-likeness (QED) is 0.720. The highest BCUT2D eigenvalue weighted by atomic mass is 32.2. The van der Waals surface area contributed by atoms with Gasteiger partial charge in [-0.15, -0.1) is 0 Å². The van der Waals surface area contributed by atoms with Gasteiger partial charge in [0.25, 0.3) is 10.0 Å². The van der Waals surface area contributed by atoms with Crippen molar-refractivity contribution < 1.29 is 12.8 Å². The third kappa shape index (κ3) is 6.60. The maximum atomic E-state index is 12.2. The summed E-state index contributed by atoms with van der Waals surface area (Å²) in [6.07, 6.45) is 0.745. The minimum atomic E-state index is -3.59. The zero-order valence-corrected chi connectivity index (χ0v) is 14.3. The number of hydrogen-bond donors (Lipinski definition) is 2. The Labute approximate surface area is 127 Å². The predicted molar refractivity (Wildman–Crippen MR) is 83.6 cm³/mol. The van der Waals surface area contributed by atoms with Crippen LogP contribution in [0.1, 0.15) is 33.0 Å². The molecular formula is C14H27N3O3S. The molecule has 0 fully saturated rings. The Balaban J connectivity index is 2.61. The fourth-order valence-electron chi connectivity index (χ4n) is 1.74. The monoisotopic (exact) mass is 317 g/mol. The van der Waals surface area contributed by atoms with Crippen LogP contribution in [0.3, 0.4) is 0 Å². The highest BCUT2D eigenvalue weighted by Gasteiger charge is 2.21. The molecule has 2 N–H and O–H groups in total. The van der Waals surface area contributed by atoms with Gasteiger partial charge >= 0.3 is 0 Å². The van der Waals surface area contributed by atoms with Gasteiger partial charge in [0.05, 0.1) is 6.54 Å². The molecule has 7 heteroatoms. The summed E-state index contributed by atoms with van der Waals surface area (Å²) >= 11 is 0.